The van der Waals surface area contributed by atoms with Crippen molar-refractivity contribution in [1.29, 1.82) is 0 Å². The van der Waals surface area contributed by atoms with Crippen LogP contribution in [-0.2, 0) is 9.59 Å². The molecule has 1 unspecified atom stereocenters. The van der Waals surface area contributed by atoms with Gasteiger partial charge in [0.1, 0.15) is 5.70 Å². The Balaban J connectivity index is 1.37. The van der Waals surface area contributed by atoms with Crippen molar-refractivity contribution in [3.8, 4) is 0 Å². The Bertz CT molecular complexity index is 1860. The first-order valence-corrected chi connectivity index (χ1v) is 15.7. The van der Waals surface area contributed by atoms with Crippen LogP contribution in [0.25, 0.3) is 16.8 Å². The molecular formula is C38H35N3O3S. The van der Waals surface area contributed by atoms with E-state index in [1.807, 2.05) is 106 Å². The van der Waals surface area contributed by atoms with Crippen molar-refractivity contribution in [2.45, 2.75) is 37.3 Å². The molecule has 7 heteroatoms. The Morgan fingerprint density at radius 2 is 1.42 bits per heavy atom. The lowest BCUT2D eigenvalue weighted by Gasteiger charge is -2.18. The molecule has 226 valence electrons. The van der Waals surface area contributed by atoms with E-state index in [0.29, 0.717) is 17.7 Å². The summed E-state index contributed by atoms with van der Waals surface area (Å²) in [6.45, 7) is 5.94. The Kier molecular flexibility index (Phi) is 10.1. The van der Waals surface area contributed by atoms with Gasteiger partial charge in [-0.2, -0.15) is 0 Å². The fourth-order valence-electron chi connectivity index (χ4n) is 5.02. The summed E-state index contributed by atoms with van der Waals surface area (Å²) in [5.74, 6) is -0.922. The number of anilines is 2. The molecule has 0 saturated heterocycles. The van der Waals surface area contributed by atoms with Crippen LogP contribution < -0.4 is 16.0 Å². The van der Waals surface area contributed by atoms with Gasteiger partial charge < -0.3 is 16.0 Å². The van der Waals surface area contributed by atoms with Crippen molar-refractivity contribution in [3.63, 3.8) is 0 Å². The van der Waals surface area contributed by atoms with E-state index in [1.54, 1.807) is 36.4 Å². The molecule has 0 spiro atoms. The summed E-state index contributed by atoms with van der Waals surface area (Å²) in [6.07, 6.45) is 2.32. The van der Waals surface area contributed by atoms with Crippen LogP contribution in [0.2, 0.25) is 0 Å². The quantitative estimate of drug-likeness (QED) is 0.109. The first kappa shape index (κ1) is 31.3. The fourth-order valence-corrected chi connectivity index (χ4v) is 6.03. The van der Waals surface area contributed by atoms with Crippen molar-refractivity contribution in [2.75, 3.05) is 10.6 Å². The molecule has 3 amide bonds. The first-order valence-electron chi connectivity index (χ1n) is 14.8. The molecule has 0 bridgehead atoms. The molecule has 5 aromatic rings. The summed E-state index contributed by atoms with van der Waals surface area (Å²) in [7, 11) is 0. The third-order valence-electron chi connectivity index (χ3n) is 7.41. The van der Waals surface area contributed by atoms with E-state index in [0.717, 1.165) is 38.0 Å². The first-order chi connectivity index (χ1) is 21.8. The zero-order chi connectivity index (χ0) is 31.8. The number of nitrogens with one attached hydrogen (secondary N) is 3. The third-order valence-corrected chi connectivity index (χ3v) is 8.77. The number of thioether (sulfide) groups is 1. The zero-order valence-corrected chi connectivity index (χ0v) is 26.3. The number of carbonyl (C=O) groups excluding carboxylic acids is 3. The normalized spacial score (nSPS) is 11.9. The van der Waals surface area contributed by atoms with Gasteiger partial charge >= 0.3 is 0 Å². The Hall–Kier alpha value is -5.14. The second kappa shape index (κ2) is 14.6. The van der Waals surface area contributed by atoms with Crippen LogP contribution in [0.1, 0.15) is 40.4 Å². The second-order valence-electron chi connectivity index (χ2n) is 10.7. The highest BCUT2D eigenvalue weighted by molar-refractivity contribution is 8.00. The highest BCUT2D eigenvalue weighted by Gasteiger charge is 2.20. The van der Waals surface area contributed by atoms with Crippen LogP contribution in [0, 0.1) is 13.8 Å². The largest absolute Gasteiger partial charge is 0.325 e. The van der Waals surface area contributed by atoms with E-state index in [2.05, 4.69) is 16.0 Å². The maximum atomic E-state index is 13.7. The molecule has 0 aliphatic carbocycles. The van der Waals surface area contributed by atoms with Crippen LogP contribution in [0.4, 0.5) is 11.4 Å². The zero-order valence-electron chi connectivity index (χ0n) is 25.5. The average Bonchev–Trinajstić information content (AvgIpc) is 3.05. The Morgan fingerprint density at radius 3 is 2.18 bits per heavy atom. The Labute approximate surface area is 268 Å². The summed E-state index contributed by atoms with van der Waals surface area (Å²) in [6, 6.07) is 35.8. The van der Waals surface area contributed by atoms with Gasteiger partial charge in [-0.1, -0.05) is 91.9 Å². The van der Waals surface area contributed by atoms with Gasteiger partial charge in [-0.25, -0.2) is 0 Å². The molecule has 0 fully saturated rings. The monoisotopic (exact) mass is 613 g/mol. The summed E-state index contributed by atoms with van der Waals surface area (Å²) >= 11 is 1.44. The number of carbonyl (C=O) groups is 3. The SMILES string of the molecule is CCC(Sc1cccc(NC(=O)/C(=C\c2cccc3ccccc23)NC(=O)c2ccccc2)c1)C(=O)Nc1c(C)cccc1C. The molecule has 0 aromatic heterocycles. The molecule has 0 radical (unpaired) electrons. The van der Waals surface area contributed by atoms with Crippen molar-refractivity contribution >= 4 is 57.7 Å². The van der Waals surface area contributed by atoms with Gasteiger partial charge in [0, 0.05) is 21.8 Å². The Morgan fingerprint density at radius 1 is 0.756 bits per heavy atom. The number of hydrogen-bond acceptors (Lipinski definition) is 4. The van der Waals surface area contributed by atoms with E-state index in [9.17, 15) is 14.4 Å². The summed E-state index contributed by atoms with van der Waals surface area (Å²) in [5, 5.41) is 10.5. The summed E-state index contributed by atoms with van der Waals surface area (Å²) in [4.78, 5) is 40.9. The van der Waals surface area contributed by atoms with E-state index in [4.69, 9.17) is 0 Å². The highest BCUT2D eigenvalue weighted by Crippen LogP contribution is 2.30. The maximum Gasteiger partial charge on any atom is 0.272 e. The highest BCUT2D eigenvalue weighted by atomic mass is 32.2. The fraction of sp³-hybridized carbons (Fsp3) is 0.132. The lowest BCUT2D eigenvalue weighted by atomic mass is 10.0. The number of hydrogen-bond donors (Lipinski definition) is 3. The molecule has 3 N–H and O–H groups in total. The average molecular weight is 614 g/mol. The van der Waals surface area contributed by atoms with Crippen LogP contribution in [0.5, 0.6) is 0 Å². The molecule has 5 aromatic carbocycles. The van der Waals surface area contributed by atoms with E-state index in [-0.39, 0.29) is 22.8 Å². The smallest absolute Gasteiger partial charge is 0.272 e. The van der Waals surface area contributed by atoms with Gasteiger partial charge in [0.25, 0.3) is 11.8 Å². The molecule has 1 atom stereocenters. The predicted octanol–water partition coefficient (Wildman–Crippen LogP) is 8.38. The van der Waals surface area contributed by atoms with Crippen LogP contribution >= 0.6 is 11.8 Å². The number of amides is 3. The minimum Gasteiger partial charge on any atom is -0.325 e. The number of fused-ring (bicyclic) bond motifs is 1. The second-order valence-corrected chi connectivity index (χ2v) is 12.0. The van der Waals surface area contributed by atoms with Crippen molar-refractivity contribution < 1.29 is 14.4 Å². The number of para-hydroxylation sites is 1. The summed E-state index contributed by atoms with van der Waals surface area (Å²) in [5.41, 5.74) is 4.77. The van der Waals surface area contributed by atoms with Gasteiger partial charge in [-0.3, -0.25) is 14.4 Å². The molecule has 0 aliphatic heterocycles. The van der Waals surface area contributed by atoms with Crippen LogP contribution in [0.15, 0.2) is 126 Å². The predicted molar refractivity (Wildman–Crippen MR) is 185 cm³/mol. The van der Waals surface area contributed by atoms with Gasteiger partial charge in [-0.15, -0.1) is 11.8 Å². The molecule has 45 heavy (non-hydrogen) atoms. The van der Waals surface area contributed by atoms with Crippen LogP contribution in [0.3, 0.4) is 0 Å². The molecular weight excluding hydrogens is 579 g/mol. The number of benzene rings is 5. The van der Waals surface area contributed by atoms with Gasteiger partial charge in [0.2, 0.25) is 5.91 Å². The maximum absolute atomic E-state index is 13.7. The van der Waals surface area contributed by atoms with E-state index in [1.165, 1.54) is 11.8 Å². The number of rotatable bonds is 10. The van der Waals surface area contributed by atoms with Crippen LogP contribution in [-0.4, -0.2) is 23.0 Å². The number of aryl methyl sites for hydroxylation is 2. The molecule has 0 heterocycles. The minimum atomic E-state index is -0.464. The lowest BCUT2D eigenvalue weighted by molar-refractivity contribution is -0.116. The van der Waals surface area contributed by atoms with Gasteiger partial charge in [0.15, 0.2) is 0 Å². The topological polar surface area (TPSA) is 87.3 Å². The molecule has 5 rings (SSSR count). The molecule has 0 aliphatic rings. The molecule has 6 nitrogen and oxygen atoms in total. The summed E-state index contributed by atoms with van der Waals surface area (Å²) < 4.78 is 0. The van der Waals surface area contributed by atoms with Crippen molar-refractivity contribution in [3.05, 3.63) is 143 Å². The minimum absolute atomic E-state index is 0.0710. The lowest BCUT2D eigenvalue weighted by Crippen LogP contribution is -2.30. The van der Waals surface area contributed by atoms with E-state index >= 15 is 0 Å². The van der Waals surface area contributed by atoms with Gasteiger partial charge in [0.05, 0.1) is 5.25 Å². The van der Waals surface area contributed by atoms with Crippen molar-refractivity contribution in [2.24, 2.45) is 0 Å². The van der Waals surface area contributed by atoms with E-state index < -0.39 is 5.91 Å². The van der Waals surface area contributed by atoms with Gasteiger partial charge in [-0.05, 0) is 84.1 Å². The van der Waals surface area contributed by atoms with Crippen molar-refractivity contribution in [1.82, 2.24) is 5.32 Å². The molecule has 0 saturated carbocycles. The standard InChI is InChI=1S/C38H35N3O3S/c1-4-34(38(44)41-35-25(2)13-10-14-26(35)3)45-31-21-12-20-30(24-31)39-37(43)33(40-36(42)28-16-6-5-7-17-28)23-29-19-11-18-27-15-8-9-22-32(27)29/h5-24,34H,4H2,1-3H3,(H,39,43)(H,40,42)(H,41,44)/b33-23+. The third kappa shape index (κ3) is 7.88.